The second kappa shape index (κ2) is 10.8. The number of rotatable bonds is 8. The zero-order valence-electron chi connectivity index (χ0n) is 19.8. The van der Waals surface area contributed by atoms with Gasteiger partial charge in [0.15, 0.2) is 0 Å². The van der Waals surface area contributed by atoms with Gasteiger partial charge < -0.3 is 25.2 Å². The lowest BCUT2D eigenvalue weighted by Gasteiger charge is -2.34. The molecular formula is C25H34N6O. The Balaban J connectivity index is 1.84. The van der Waals surface area contributed by atoms with Crippen LogP contribution in [0.2, 0.25) is 0 Å². The van der Waals surface area contributed by atoms with Crippen LogP contribution >= 0.6 is 0 Å². The van der Waals surface area contributed by atoms with Crippen LogP contribution in [0.5, 0.6) is 5.75 Å². The number of aromatic nitrogens is 2. The molecule has 7 nitrogen and oxygen atoms in total. The van der Waals surface area contributed by atoms with Crippen molar-refractivity contribution in [2.75, 3.05) is 55.9 Å². The van der Waals surface area contributed by atoms with Crippen LogP contribution in [0.25, 0.3) is 5.57 Å². The number of hydrogen-bond donors (Lipinski definition) is 2. The number of anilines is 4. The first-order valence-electron chi connectivity index (χ1n) is 10.9. The number of ether oxygens (including phenoxy) is 1. The second-order valence-electron chi connectivity index (χ2n) is 8.04. The number of allylic oxidation sites excluding steroid dienone is 5. The van der Waals surface area contributed by atoms with Crippen molar-refractivity contribution in [1.82, 2.24) is 14.9 Å². The standard InChI is InChI=1S/C25H34N6O/c1-7-8-9-19(4)27-24-21(18(2)3)17-26-25(29-24)28-22-11-10-20(16-23(22)32-6)31-14-12-30(5)13-15-31/h7-11,16-17H,2,12-15H2,1,3-6H3,(H2,26,27,28,29)/b8-7-,19-9+. The summed E-state index contributed by atoms with van der Waals surface area (Å²) in [6.45, 7) is 14.1. The Morgan fingerprint density at radius 2 is 1.94 bits per heavy atom. The van der Waals surface area contributed by atoms with Crippen LogP contribution in [0, 0.1) is 0 Å². The third-order valence-electron chi connectivity index (χ3n) is 5.40. The molecule has 0 atom stereocenters. The summed E-state index contributed by atoms with van der Waals surface area (Å²) in [6.07, 6.45) is 7.75. The van der Waals surface area contributed by atoms with Crippen molar-refractivity contribution >= 4 is 28.7 Å². The van der Waals surface area contributed by atoms with Gasteiger partial charge in [-0.1, -0.05) is 18.7 Å². The number of piperazine rings is 1. The van der Waals surface area contributed by atoms with E-state index in [2.05, 4.69) is 51.2 Å². The highest BCUT2D eigenvalue weighted by atomic mass is 16.5. The summed E-state index contributed by atoms with van der Waals surface area (Å²) in [5, 5.41) is 6.66. The molecule has 1 saturated heterocycles. The van der Waals surface area contributed by atoms with Gasteiger partial charge in [0.25, 0.3) is 0 Å². The van der Waals surface area contributed by atoms with E-state index in [0.29, 0.717) is 11.8 Å². The van der Waals surface area contributed by atoms with Crippen molar-refractivity contribution in [3.05, 3.63) is 60.5 Å². The SMILES string of the molecule is C=C(C)c1cnc(Nc2ccc(N3CCN(C)CC3)cc2OC)nc1N/C(C)=C/C=C\C. The van der Waals surface area contributed by atoms with Crippen molar-refractivity contribution in [1.29, 1.82) is 0 Å². The molecule has 2 N–H and O–H groups in total. The first kappa shape index (κ1) is 23.3. The van der Waals surface area contributed by atoms with Crippen molar-refractivity contribution in [3.8, 4) is 5.75 Å². The molecule has 0 radical (unpaired) electrons. The largest absolute Gasteiger partial charge is 0.494 e. The summed E-state index contributed by atoms with van der Waals surface area (Å²) in [6, 6.07) is 6.20. The first-order valence-corrected chi connectivity index (χ1v) is 10.9. The maximum Gasteiger partial charge on any atom is 0.229 e. The Kier molecular flexibility index (Phi) is 7.89. The Bertz CT molecular complexity index is 1010. The molecule has 1 aliphatic rings. The number of likely N-dealkylation sites (N-methyl/N-ethyl adjacent to an activating group) is 1. The highest BCUT2D eigenvalue weighted by Crippen LogP contribution is 2.32. The van der Waals surface area contributed by atoms with Crippen LogP contribution in [0.15, 0.2) is 54.9 Å². The van der Waals surface area contributed by atoms with E-state index in [0.717, 1.165) is 60.1 Å². The Labute approximate surface area is 191 Å². The van der Waals surface area contributed by atoms with Gasteiger partial charge in [-0.3, -0.25) is 0 Å². The lowest BCUT2D eigenvalue weighted by atomic mass is 10.1. The molecule has 1 aromatic heterocycles. The number of nitrogens with one attached hydrogen (secondary N) is 2. The van der Waals surface area contributed by atoms with E-state index in [1.165, 1.54) is 0 Å². The Morgan fingerprint density at radius 3 is 2.59 bits per heavy atom. The van der Waals surface area contributed by atoms with E-state index in [4.69, 9.17) is 9.72 Å². The lowest BCUT2D eigenvalue weighted by molar-refractivity contribution is 0.312. The Morgan fingerprint density at radius 1 is 1.19 bits per heavy atom. The van der Waals surface area contributed by atoms with Crippen molar-refractivity contribution < 1.29 is 4.74 Å². The maximum absolute atomic E-state index is 5.67. The summed E-state index contributed by atoms with van der Waals surface area (Å²) in [7, 11) is 3.84. The fraction of sp³-hybridized carbons (Fsp3) is 0.360. The first-order chi connectivity index (χ1) is 15.4. The van der Waals surface area contributed by atoms with E-state index in [9.17, 15) is 0 Å². The minimum atomic E-state index is 0.488. The smallest absolute Gasteiger partial charge is 0.229 e. The third-order valence-corrected chi connectivity index (χ3v) is 5.40. The van der Waals surface area contributed by atoms with Crippen LogP contribution < -0.4 is 20.3 Å². The van der Waals surface area contributed by atoms with Crippen LogP contribution in [0.1, 0.15) is 26.3 Å². The number of nitrogens with zero attached hydrogens (tertiary/aromatic N) is 4. The minimum absolute atomic E-state index is 0.488. The van der Waals surface area contributed by atoms with Crippen LogP contribution in [0.4, 0.5) is 23.1 Å². The van der Waals surface area contributed by atoms with Gasteiger partial charge in [-0.25, -0.2) is 4.98 Å². The lowest BCUT2D eigenvalue weighted by Crippen LogP contribution is -2.44. The fourth-order valence-corrected chi connectivity index (χ4v) is 3.48. The van der Waals surface area contributed by atoms with Crippen molar-refractivity contribution in [2.24, 2.45) is 0 Å². The van der Waals surface area contributed by atoms with E-state index in [1.54, 1.807) is 13.3 Å². The molecule has 1 aromatic carbocycles. The highest BCUT2D eigenvalue weighted by Gasteiger charge is 2.16. The molecular weight excluding hydrogens is 400 g/mol. The zero-order chi connectivity index (χ0) is 23.1. The Hall–Kier alpha value is -3.32. The van der Waals surface area contributed by atoms with E-state index in [-0.39, 0.29) is 0 Å². The molecule has 0 spiro atoms. The summed E-state index contributed by atoms with van der Waals surface area (Å²) >= 11 is 0. The fourth-order valence-electron chi connectivity index (χ4n) is 3.48. The number of benzene rings is 1. The van der Waals surface area contributed by atoms with E-state index < -0.39 is 0 Å². The van der Waals surface area contributed by atoms with Crippen LogP contribution in [-0.4, -0.2) is 55.2 Å². The van der Waals surface area contributed by atoms with Gasteiger partial charge >= 0.3 is 0 Å². The molecule has 3 rings (SSSR count). The van der Waals surface area contributed by atoms with Crippen LogP contribution in [-0.2, 0) is 0 Å². The van der Waals surface area contributed by atoms with Gasteiger partial charge in [-0.2, -0.15) is 4.98 Å². The summed E-state index contributed by atoms with van der Waals surface area (Å²) in [5.74, 6) is 1.95. The number of methoxy groups -OCH3 is 1. The van der Waals surface area contributed by atoms with Gasteiger partial charge in [-0.05, 0) is 51.6 Å². The average molecular weight is 435 g/mol. The van der Waals surface area contributed by atoms with Crippen molar-refractivity contribution in [3.63, 3.8) is 0 Å². The van der Waals surface area contributed by atoms with E-state index >= 15 is 0 Å². The van der Waals surface area contributed by atoms with Gasteiger partial charge in [0, 0.05) is 55.4 Å². The molecule has 0 unspecified atom stereocenters. The maximum atomic E-state index is 5.67. The molecule has 2 heterocycles. The molecule has 0 amide bonds. The van der Waals surface area contributed by atoms with Gasteiger partial charge in [0.05, 0.1) is 12.8 Å². The highest BCUT2D eigenvalue weighted by molar-refractivity contribution is 5.74. The van der Waals surface area contributed by atoms with E-state index in [1.807, 2.05) is 45.1 Å². The van der Waals surface area contributed by atoms with Crippen LogP contribution in [0.3, 0.4) is 0 Å². The molecule has 2 aromatic rings. The molecule has 1 aliphatic heterocycles. The second-order valence-corrected chi connectivity index (χ2v) is 8.04. The van der Waals surface area contributed by atoms with Gasteiger partial charge in [-0.15, -0.1) is 0 Å². The van der Waals surface area contributed by atoms with Gasteiger partial charge in [0.2, 0.25) is 5.95 Å². The third kappa shape index (κ3) is 5.88. The molecule has 0 bridgehead atoms. The molecule has 32 heavy (non-hydrogen) atoms. The molecule has 170 valence electrons. The number of hydrogen-bond acceptors (Lipinski definition) is 7. The quantitative estimate of drug-likeness (QED) is 0.573. The minimum Gasteiger partial charge on any atom is -0.494 e. The van der Waals surface area contributed by atoms with Gasteiger partial charge in [0.1, 0.15) is 11.6 Å². The molecule has 1 fully saturated rings. The summed E-state index contributed by atoms with van der Waals surface area (Å²) in [5.41, 5.74) is 4.73. The average Bonchev–Trinajstić information content (AvgIpc) is 2.78. The predicted octanol–water partition coefficient (Wildman–Crippen LogP) is 4.91. The summed E-state index contributed by atoms with van der Waals surface area (Å²) in [4.78, 5) is 13.9. The normalized spacial score (nSPS) is 15.2. The monoisotopic (exact) mass is 434 g/mol. The summed E-state index contributed by atoms with van der Waals surface area (Å²) < 4.78 is 5.67. The molecule has 0 saturated carbocycles. The molecule has 7 heteroatoms. The predicted molar refractivity (Wildman–Crippen MR) is 135 cm³/mol. The zero-order valence-corrected chi connectivity index (χ0v) is 19.8. The molecule has 0 aliphatic carbocycles. The topological polar surface area (TPSA) is 65.6 Å². The van der Waals surface area contributed by atoms with Crippen molar-refractivity contribution in [2.45, 2.75) is 20.8 Å².